The van der Waals surface area contributed by atoms with Crippen LogP contribution < -0.4 is 14.8 Å². The topological polar surface area (TPSA) is 111 Å². The van der Waals surface area contributed by atoms with Crippen LogP contribution in [-0.4, -0.2) is 45.2 Å². The monoisotopic (exact) mass is 557 g/mol. The first-order chi connectivity index (χ1) is 18.7. The number of hydrogen-bond donors (Lipinski definition) is 2. The van der Waals surface area contributed by atoms with Crippen molar-refractivity contribution in [1.29, 1.82) is 0 Å². The number of carbonyl (C=O) groups is 2. The summed E-state index contributed by atoms with van der Waals surface area (Å²) >= 11 is 0. The molecule has 0 aliphatic heterocycles. The second-order valence-electron chi connectivity index (χ2n) is 10.3. The number of carbonyl (C=O) groups excluding carboxylic acids is 1. The number of ether oxygens (including phenoxy) is 2. The van der Waals surface area contributed by atoms with Crippen LogP contribution >= 0.6 is 0 Å². The van der Waals surface area contributed by atoms with Gasteiger partial charge in [0.15, 0.2) is 11.4 Å². The summed E-state index contributed by atoms with van der Waals surface area (Å²) in [5, 5.41) is 12.1. The molecular formula is C29H30F3N3O5. The zero-order valence-corrected chi connectivity index (χ0v) is 22.5. The van der Waals surface area contributed by atoms with Crippen molar-refractivity contribution in [2.24, 2.45) is 0 Å². The fourth-order valence-corrected chi connectivity index (χ4v) is 3.92. The Morgan fingerprint density at radius 2 is 1.80 bits per heavy atom. The Morgan fingerprint density at radius 1 is 1.12 bits per heavy atom. The number of benzene rings is 2. The number of nitrogens with zero attached hydrogens (tertiary/aromatic N) is 2. The molecule has 0 bridgehead atoms. The van der Waals surface area contributed by atoms with E-state index in [2.05, 4.69) is 15.3 Å². The number of aliphatic carboxylic acids is 1. The van der Waals surface area contributed by atoms with Crippen LogP contribution in [0, 0.1) is 6.92 Å². The van der Waals surface area contributed by atoms with Crippen molar-refractivity contribution in [3.05, 3.63) is 71.0 Å². The highest BCUT2D eigenvalue weighted by molar-refractivity contribution is 5.95. The van der Waals surface area contributed by atoms with E-state index >= 15 is 0 Å². The Balaban J connectivity index is 1.39. The zero-order chi connectivity index (χ0) is 29.2. The number of carboxylic acids is 1. The number of carboxylic acid groups (broad SMARTS) is 1. The van der Waals surface area contributed by atoms with E-state index in [1.807, 2.05) is 0 Å². The smallest absolute Gasteiger partial charge is 0.416 e. The molecule has 212 valence electrons. The maximum Gasteiger partial charge on any atom is 0.416 e. The van der Waals surface area contributed by atoms with E-state index in [-0.39, 0.29) is 24.2 Å². The molecule has 2 aromatic carbocycles. The van der Waals surface area contributed by atoms with Crippen LogP contribution in [0.25, 0.3) is 11.4 Å². The average molecular weight is 558 g/mol. The van der Waals surface area contributed by atoms with Crippen LogP contribution in [0.3, 0.4) is 0 Å². The molecule has 1 aliphatic carbocycles. The van der Waals surface area contributed by atoms with Gasteiger partial charge < -0.3 is 19.9 Å². The molecule has 1 atom stereocenters. The summed E-state index contributed by atoms with van der Waals surface area (Å²) in [6, 6.07) is 9.63. The van der Waals surface area contributed by atoms with Crippen molar-refractivity contribution in [2.45, 2.75) is 64.3 Å². The minimum Gasteiger partial charge on any atom is -0.489 e. The Morgan fingerprint density at radius 3 is 2.38 bits per heavy atom. The molecule has 11 heteroatoms. The molecule has 1 amide bonds. The minimum atomic E-state index is -4.43. The van der Waals surface area contributed by atoms with Crippen LogP contribution in [0.2, 0.25) is 0 Å². The van der Waals surface area contributed by atoms with Gasteiger partial charge in [-0.3, -0.25) is 4.79 Å². The van der Waals surface area contributed by atoms with E-state index in [0.717, 1.165) is 25.0 Å². The molecule has 3 aromatic rings. The molecule has 1 saturated carbocycles. The lowest BCUT2D eigenvalue weighted by Gasteiger charge is -2.23. The van der Waals surface area contributed by atoms with Crippen LogP contribution in [0.15, 0.2) is 48.7 Å². The second-order valence-corrected chi connectivity index (χ2v) is 10.3. The Labute approximate surface area is 229 Å². The number of halogens is 3. The van der Waals surface area contributed by atoms with Gasteiger partial charge in [-0.25, -0.2) is 14.8 Å². The normalized spacial score (nSPS) is 14.4. The minimum absolute atomic E-state index is 0.0976. The van der Waals surface area contributed by atoms with Gasteiger partial charge in [0.2, 0.25) is 0 Å². The first-order valence-electron chi connectivity index (χ1n) is 12.8. The SMILES string of the molecule is Cc1cc(OC(C)CNC(=O)c2cnc(-c3ccc(C(F)(F)F)cc3)nc2C2CC2)ccc1OC(C)(C)C(=O)O. The molecule has 2 N–H and O–H groups in total. The summed E-state index contributed by atoms with van der Waals surface area (Å²) in [7, 11) is 0. The summed E-state index contributed by atoms with van der Waals surface area (Å²) < 4.78 is 50.2. The van der Waals surface area contributed by atoms with E-state index in [1.165, 1.54) is 32.2 Å². The fraction of sp³-hybridized carbons (Fsp3) is 0.379. The van der Waals surface area contributed by atoms with E-state index < -0.39 is 29.4 Å². The lowest BCUT2D eigenvalue weighted by atomic mass is 10.1. The van der Waals surface area contributed by atoms with Crippen molar-refractivity contribution in [1.82, 2.24) is 15.3 Å². The summed E-state index contributed by atoms with van der Waals surface area (Å²) in [6.45, 7) is 6.69. The first-order valence-corrected chi connectivity index (χ1v) is 12.8. The Bertz CT molecular complexity index is 1400. The standard InChI is InChI=1S/C29H30F3N3O5/c1-16-13-21(11-12-23(16)40-28(3,4)27(37)38)39-17(2)14-34-26(36)22-15-33-25(35-24(22)18-5-6-18)19-7-9-20(10-8-19)29(30,31)32/h7-13,15,17-18H,5-6,14H2,1-4H3,(H,34,36)(H,37,38). The number of rotatable bonds is 10. The number of amides is 1. The maximum atomic E-state index is 13.0. The third-order valence-electron chi connectivity index (χ3n) is 6.41. The Kier molecular flexibility index (Phi) is 8.04. The molecule has 0 spiro atoms. The Hall–Kier alpha value is -4.15. The van der Waals surface area contributed by atoms with E-state index in [9.17, 15) is 27.9 Å². The molecule has 0 radical (unpaired) electrons. The van der Waals surface area contributed by atoms with Gasteiger partial charge in [0.1, 0.15) is 17.6 Å². The number of alkyl halides is 3. The highest BCUT2D eigenvalue weighted by Gasteiger charge is 2.32. The number of aryl methyl sites for hydroxylation is 1. The van der Waals surface area contributed by atoms with E-state index in [1.54, 1.807) is 32.0 Å². The summed E-state index contributed by atoms with van der Waals surface area (Å²) in [4.78, 5) is 33.1. The van der Waals surface area contributed by atoms with Gasteiger partial charge in [-0.2, -0.15) is 13.2 Å². The molecule has 8 nitrogen and oxygen atoms in total. The second kappa shape index (κ2) is 11.1. The van der Waals surface area contributed by atoms with Gasteiger partial charge in [-0.05, 0) is 76.4 Å². The third kappa shape index (κ3) is 6.88. The van der Waals surface area contributed by atoms with Gasteiger partial charge in [0.05, 0.1) is 23.4 Å². The summed E-state index contributed by atoms with van der Waals surface area (Å²) in [5.74, 6) is -0.136. The molecule has 0 saturated heterocycles. The van der Waals surface area contributed by atoms with Gasteiger partial charge in [-0.15, -0.1) is 0 Å². The maximum absolute atomic E-state index is 13.0. The fourth-order valence-electron chi connectivity index (χ4n) is 3.92. The summed E-state index contributed by atoms with van der Waals surface area (Å²) in [6.07, 6.45) is -1.69. The molecule has 1 aromatic heterocycles. The molecule has 4 rings (SSSR count). The van der Waals surface area contributed by atoms with Crippen molar-refractivity contribution < 1.29 is 37.3 Å². The predicted molar refractivity (Wildman–Crippen MR) is 140 cm³/mol. The van der Waals surface area contributed by atoms with E-state index in [0.29, 0.717) is 33.9 Å². The van der Waals surface area contributed by atoms with Crippen LogP contribution in [0.5, 0.6) is 11.5 Å². The molecule has 1 aliphatic rings. The number of nitrogens with one attached hydrogen (secondary N) is 1. The first kappa shape index (κ1) is 28.8. The molecular weight excluding hydrogens is 527 g/mol. The lowest BCUT2D eigenvalue weighted by molar-refractivity contribution is -0.152. The molecule has 40 heavy (non-hydrogen) atoms. The van der Waals surface area contributed by atoms with Crippen molar-refractivity contribution in [3.8, 4) is 22.9 Å². The van der Waals surface area contributed by atoms with Crippen LogP contribution in [-0.2, 0) is 11.0 Å². The van der Waals surface area contributed by atoms with Crippen molar-refractivity contribution in [2.75, 3.05) is 6.54 Å². The van der Waals surface area contributed by atoms with Crippen molar-refractivity contribution in [3.63, 3.8) is 0 Å². The van der Waals surface area contributed by atoms with Gasteiger partial charge >= 0.3 is 12.1 Å². The molecule has 1 heterocycles. The van der Waals surface area contributed by atoms with E-state index in [4.69, 9.17) is 9.47 Å². The third-order valence-corrected chi connectivity index (χ3v) is 6.41. The van der Waals surface area contributed by atoms with Gasteiger partial charge in [-0.1, -0.05) is 12.1 Å². The van der Waals surface area contributed by atoms with Crippen molar-refractivity contribution >= 4 is 11.9 Å². The lowest BCUT2D eigenvalue weighted by Crippen LogP contribution is -2.38. The van der Waals surface area contributed by atoms with Crippen LogP contribution in [0.4, 0.5) is 13.2 Å². The predicted octanol–water partition coefficient (Wildman–Crippen LogP) is 5.79. The van der Waals surface area contributed by atoms with Crippen LogP contribution in [0.1, 0.15) is 66.7 Å². The quantitative estimate of drug-likeness (QED) is 0.325. The number of hydrogen-bond acceptors (Lipinski definition) is 6. The average Bonchev–Trinajstić information content (AvgIpc) is 3.73. The molecule has 1 unspecified atom stereocenters. The van der Waals surface area contributed by atoms with Gasteiger partial charge in [0, 0.05) is 17.7 Å². The highest BCUT2D eigenvalue weighted by atomic mass is 19.4. The summed E-state index contributed by atoms with van der Waals surface area (Å²) in [5.41, 5.74) is -0.115. The van der Waals surface area contributed by atoms with Gasteiger partial charge in [0.25, 0.3) is 5.91 Å². The zero-order valence-electron chi connectivity index (χ0n) is 22.5. The largest absolute Gasteiger partial charge is 0.489 e. The highest BCUT2D eigenvalue weighted by Crippen LogP contribution is 2.41. The molecule has 1 fully saturated rings. The number of aromatic nitrogens is 2.